The normalized spacial score (nSPS) is 23.5. The molecule has 2 saturated heterocycles. The highest BCUT2D eigenvalue weighted by Gasteiger charge is 2.51. The van der Waals surface area contributed by atoms with Crippen molar-refractivity contribution in [1.82, 2.24) is 9.62 Å². The topological polar surface area (TPSA) is 75.7 Å². The minimum absolute atomic E-state index is 0.0807. The molecule has 0 bridgehead atoms. The Balaban J connectivity index is 1.47. The van der Waals surface area contributed by atoms with E-state index in [2.05, 4.69) is 4.72 Å². The molecule has 0 saturated carbocycles. The lowest BCUT2D eigenvalue weighted by atomic mass is 9.91. The number of hydrogen-bond acceptors (Lipinski definition) is 4. The first kappa shape index (κ1) is 21.8. The number of sulfonamides is 1. The van der Waals surface area contributed by atoms with Crippen LogP contribution in [0.15, 0.2) is 89.8 Å². The molecule has 2 aliphatic rings. The Morgan fingerprint density at radius 3 is 2.24 bits per heavy atom. The van der Waals surface area contributed by atoms with Crippen LogP contribution in [0, 0.1) is 12.8 Å². The van der Waals surface area contributed by atoms with Gasteiger partial charge in [-0.15, -0.1) is 0 Å². The van der Waals surface area contributed by atoms with Crippen LogP contribution in [0.2, 0.25) is 0 Å². The quantitative estimate of drug-likeness (QED) is 0.602. The molecular formula is C26H26N2O4S. The summed E-state index contributed by atoms with van der Waals surface area (Å²) in [6, 6.07) is 25.0. The summed E-state index contributed by atoms with van der Waals surface area (Å²) in [4.78, 5) is 15.6. The van der Waals surface area contributed by atoms with Crippen LogP contribution in [0.1, 0.15) is 35.4 Å². The predicted molar refractivity (Wildman–Crippen MR) is 125 cm³/mol. The van der Waals surface area contributed by atoms with Crippen molar-refractivity contribution in [2.24, 2.45) is 5.92 Å². The third-order valence-electron chi connectivity index (χ3n) is 6.45. The molecule has 6 nitrogen and oxygen atoms in total. The molecule has 1 amide bonds. The van der Waals surface area contributed by atoms with Crippen LogP contribution in [0.25, 0.3) is 0 Å². The summed E-state index contributed by atoms with van der Waals surface area (Å²) in [7, 11) is -3.83. The van der Waals surface area contributed by atoms with Gasteiger partial charge in [-0.05, 0) is 31.0 Å². The largest absolute Gasteiger partial charge is 0.352 e. The van der Waals surface area contributed by atoms with Gasteiger partial charge in [-0.3, -0.25) is 4.79 Å². The number of benzene rings is 3. The van der Waals surface area contributed by atoms with E-state index in [0.717, 1.165) is 16.7 Å². The van der Waals surface area contributed by atoms with Gasteiger partial charge in [0.25, 0.3) is 0 Å². The van der Waals surface area contributed by atoms with Crippen molar-refractivity contribution >= 4 is 15.9 Å². The fourth-order valence-corrected chi connectivity index (χ4v) is 6.03. The van der Waals surface area contributed by atoms with E-state index in [1.54, 1.807) is 29.2 Å². The first-order chi connectivity index (χ1) is 15.9. The zero-order valence-corrected chi connectivity index (χ0v) is 19.1. The van der Waals surface area contributed by atoms with E-state index < -0.39 is 28.2 Å². The van der Waals surface area contributed by atoms with E-state index in [0.29, 0.717) is 13.0 Å². The Morgan fingerprint density at radius 1 is 0.939 bits per heavy atom. The van der Waals surface area contributed by atoms with E-state index in [9.17, 15) is 13.2 Å². The van der Waals surface area contributed by atoms with Crippen molar-refractivity contribution in [3.63, 3.8) is 0 Å². The molecule has 3 aromatic carbocycles. The number of carbonyl (C=O) groups excluding carboxylic acids is 1. The molecule has 4 atom stereocenters. The van der Waals surface area contributed by atoms with Crippen molar-refractivity contribution in [3.05, 3.63) is 102 Å². The molecule has 5 rings (SSSR count). The van der Waals surface area contributed by atoms with E-state index in [1.165, 1.54) is 0 Å². The summed E-state index contributed by atoms with van der Waals surface area (Å²) in [5.41, 5.74) is 2.67. The summed E-state index contributed by atoms with van der Waals surface area (Å²) in [5.74, 6) is -0.612. The van der Waals surface area contributed by atoms with Crippen LogP contribution < -0.4 is 4.72 Å². The molecule has 7 heteroatoms. The summed E-state index contributed by atoms with van der Waals surface area (Å²) < 4.78 is 35.3. The molecular weight excluding hydrogens is 436 g/mol. The van der Waals surface area contributed by atoms with Gasteiger partial charge in [0.05, 0.1) is 29.5 Å². The SMILES string of the molecule is Cc1ccc(S(=O)(=O)NC(c2ccccc2)[C@@H]2C[C@H]3CO[C@H](c4ccccc4)N3C2=O)cc1. The third kappa shape index (κ3) is 4.19. The second-order valence-corrected chi connectivity index (χ2v) is 10.4. The van der Waals surface area contributed by atoms with Crippen LogP contribution in [0.5, 0.6) is 0 Å². The zero-order chi connectivity index (χ0) is 23.0. The number of carbonyl (C=O) groups is 1. The highest BCUT2D eigenvalue weighted by molar-refractivity contribution is 7.89. The molecule has 2 heterocycles. The molecule has 0 aromatic heterocycles. The van der Waals surface area contributed by atoms with Gasteiger partial charge in [0.2, 0.25) is 15.9 Å². The summed E-state index contributed by atoms with van der Waals surface area (Å²) >= 11 is 0. The first-order valence-corrected chi connectivity index (χ1v) is 12.5. The number of nitrogens with zero attached hydrogens (tertiary/aromatic N) is 1. The fraction of sp³-hybridized carbons (Fsp3) is 0.269. The van der Waals surface area contributed by atoms with E-state index in [-0.39, 0.29) is 16.8 Å². The predicted octanol–water partition coefficient (Wildman–Crippen LogP) is 3.96. The monoisotopic (exact) mass is 462 g/mol. The number of fused-ring (bicyclic) bond motifs is 1. The lowest BCUT2D eigenvalue weighted by Gasteiger charge is -2.27. The van der Waals surface area contributed by atoms with Gasteiger partial charge in [0.15, 0.2) is 6.23 Å². The van der Waals surface area contributed by atoms with Crippen LogP contribution in [-0.2, 0) is 19.6 Å². The second kappa shape index (κ2) is 8.74. The molecule has 0 radical (unpaired) electrons. The van der Waals surface area contributed by atoms with Gasteiger partial charge in [0, 0.05) is 5.56 Å². The average Bonchev–Trinajstić information content (AvgIpc) is 3.39. The van der Waals surface area contributed by atoms with Gasteiger partial charge in [-0.1, -0.05) is 78.4 Å². The molecule has 0 aliphatic carbocycles. The summed E-state index contributed by atoms with van der Waals surface area (Å²) in [6.45, 7) is 2.35. The fourth-order valence-electron chi connectivity index (χ4n) is 4.77. The smallest absolute Gasteiger partial charge is 0.241 e. The number of hydrogen-bond donors (Lipinski definition) is 1. The van der Waals surface area contributed by atoms with Crippen LogP contribution in [0.4, 0.5) is 0 Å². The van der Waals surface area contributed by atoms with Crippen LogP contribution in [0.3, 0.4) is 0 Å². The Labute approximate surface area is 194 Å². The maximum absolute atomic E-state index is 13.7. The van der Waals surface area contributed by atoms with Gasteiger partial charge in [-0.2, -0.15) is 0 Å². The van der Waals surface area contributed by atoms with Gasteiger partial charge >= 0.3 is 0 Å². The van der Waals surface area contributed by atoms with E-state index in [4.69, 9.17) is 4.74 Å². The number of amides is 1. The highest BCUT2D eigenvalue weighted by atomic mass is 32.2. The van der Waals surface area contributed by atoms with E-state index >= 15 is 0 Å². The Kier molecular flexibility index (Phi) is 5.78. The first-order valence-electron chi connectivity index (χ1n) is 11.1. The maximum atomic E-state index is 13.7. The van der Waals surface area contributed by atoms with Gasteiger partial charge in [0.1, 0.15) is 0 Å². The molecule has 1 N–H and O–H groups in total. The molecule has 33 heavy (non-hydrogen) atoms. The van der Waals surface area contributed by atoms with Crippen molar-refractivity contribution < 1.29 is 17.9 Å². The van der Waals surface area contributed by atoms with Crippen molar-refractivity contribution in [1.29, 1.82) is 0 Å². The lowest BCUT2D eigenvalue weighted by molar-refractivity contribution is -0.138. The van der Waals surface area contributed by atoms with Crippen molar-refractivity contribution in [2.45, 2.75) is 36.6 Å². The average molecular weight is 463 g/mol. The number of nitrogens with one attached hydrogen (secondary N) is 1. The molecule has 1 unspecified atom stereocenters. The Bertz CT molecular complexity index is 1230. The van der Waals surface area contributed by atoms with E-state index in [1.807, 2.05) is 67.6 Å². The number of aryl methyl sites for hydroxylation is 1. The standard InChI is InChI=1S/C26H26N2O4S/c1-18-12-14-22(15-13-18)33(30,31)27-24(19-8-4-2-5-9-19)23-16-21-17-32-26(28(21)25(23)29)20-10-6-3-7-11-20/h2-15,21,23-24,26-27H,16-17H2,1H3/t21-,23-,24?,26+/m0/s1. The number of ether oxygens (including phenoxy) is 1. The van der Waals surface area contributed by atoms with Crippen molar-refractivity contribution in [2.75, 3.05) is 6.61 Å². The third-order valence-corrected chi connectivity index (χ3v) is 7.91. The van der Waals surface area contributed by atoms with Gasteiger partial charge in [-0.25, -0.2) is 13.1 Å². The minimum Gasteiger partial charge on any atom is -0.352 e. The Hall–Kier alpha value is -3.00. The highest BCUT2D eigenvalue weighted by Crippen LogP contribution is 2.44. The maximum Gasteiger partial charge on any atom is 0.241 e. The van der Waals surface area contributed by atoms with Crippen molar-refractivity contribution in [3.8, 4) is 0 Å². The van der Waals surface area contributed by atoms with Crippen LogP contribution >= 0.6 is 0 Å². The molecule has 0 spiro atoms. The molecule has 3 aromatic rings. The zero-order valence-electron chi connectivity index (χ0n) is 18.3. The van der Waals surface area contributed by atoms with Gasteiger partial charge < -0.3 is 9.64 Å². The molecule has 2 aliphatic heterocycles. The molecule has 2 fully saturated rings. The Morgan fingerprint density at radius 2 is 1.58 bits per heavy atom. The molecule has 170 valence electrons. The lowest BCUT2D eigenvalue weighted by Crippen LogP contribution is -2.38. The second-order valence-electron chi connectivity index (χ2n) is 8.66. The summed E-state index contributed by atoms with van der Waals surface area (Å²) in [6.07, 6.45) is 0.0804. The van der Waals surface area contributed by atoms with Crippen LogP contribution in [-0.4, -0.2) is 31.9 Å². The summed E-state index contributed by atoms with van der Waals surface area (Å²) in [5, 5.41) is 0. The minimum atomic E-state index is -3.83. The number of rotatable bonds is 6.